The summed E-state index contributed by atoms with van der Waals surface area (Å²) in [4.78, 5) is 4.18. The van der Waals surface area contributed by atoms with Crippen molar-refractivity contribution >= 4 is 0 Å². The zero-order valence-corrected chi connectivity index (χ0v) is 22.0. The van der Waals surface area contributed by atoms with E-state index in [-0.39, 0.29) is 0 Å². The average Bonchev–Trinajstić information content (AvgIpc) is 3.20. The Kier molecular flexibility index (Phi) is 6.51. The van der Waals surface area contributed by atoms with Crippen LogP contribution >= 0.6 is 0 Å². The summed E-state index contributed by atoms with van der Waals surface area (Å²) in [6.07, 6.45) is 18.3. The van der Waals surface area contributed by atoms with Gasteiger partial charge in [-0.15, -0.1) is 0 Å². The molecule has 5 rings (SSSR count). The van der Waals surface area contributed by atoms with Crippen LogP contribution in [0.5, 0.6) is 0 Å². The second kappa shape index (κ2) is 9.04. The molecule has 1 unspecified atom stereocenters. The molecule has 188 valence electrons. The largest absolute Gasteiger partial charge is 0.390 e. The maximum atomic E-state index is 11.0. The molecule has 3 nitrogen and oxygen atoms in total. The Morgan fingerprint density at radius 3 is 2.65 bits per heavy atom. The molecule has 1 aromatic rings. The SMILES string of the molecule is CC[C@]1(O)CC[C@@]2(C)C(=CC[C@H]3[C@@H]4CC[C@H]([C@H](C)CCC(O)c5cccnc5)[C@@]4(C)CC[C@@H]32)C1. The smallest absolute Gasteiger partial charge is 0.0805 e. The first kappa shape index (κ1) is 24.5. The van der Waals surface area contributed by atoms with Crippen molar-refractivity contribution in [2.24, 2.45) is 40.4 Å². The fourth-order valence-electron chi connectivity index (χ4n) is 9.35. The summed E-state index contributed by atoms with van der Waals surface area (Å²) < 4.78 is 0. The van der Waals surface area contributed by atoms with Crippen molar-refractivity contribution < 1.29 is 10.2 Å². The van der Waals surface area contributed by atoms with Crippen LogP contribution in [0.2, 0.25) is 0 Å². The summed E-state index contributed by atoms with van der Waals surface area (Å²) in [5.74, 6) is 3.88. The van der Waals surface area contributed by atoms with E-state index in [1.165, 1.54) is 38.5 Å². The Bertz CT molecular complexity index is 898. The molecule has 4 aliphatic rings. The van der Waals surface area contributed by atoms with Crippen molar-refractivity contribution in [1.82, 2.24) is 4.98 Å². The highest BCUT2D eigenvalue weighted by Gasteiger charge is 2.59. The Labute approximate surface area is 207 Å². The van der Waals surface area contributed by atoms with Gasteiger partial charge in [0, 0.05) is 12.4 Å². The van der Waals surface area contributed by atoms with Gasteiger partial charge in [-0.2, -0.15) is 0 Å². The first-order valence-corrected chi connectivity index (χ1v) is 14.2. The lowest BCUT2D eigenvalue weighted by Crippen LogP contribution is -2.52. The molecular formula is C31H47NO2. The van der Waals surface area contributed by atoms with Crippen LogP contribution in [0.25, 0.3) is 0 Å². The Morgan fingerprint density at radius 2 is 1.91 bits per heavy atom. The fraction of sp³-hybridized carbons (Fsp3) is 0.774. The van der Waals surface area contributed by atoms with Crippen molar-refractivity contribution in [2.75, 3.05) is 0 Å². The number of pyridine rings is 1. The van der Waals surface area contributed by atoms with E-state index in [1.807, 2.05) is 18.3 Å². The molecule has 0 bridgehead atoms. The van der Waals surface area contributed by atoms with E-state index in [4.69, 9.17) is 0 Å². The Balaban J connectivity index is 1.28. The van der Waals surface area contributed by atoms with Gasteiger partial charge in [-0.3, -0.25) is 4.98 Å². The van der Waals surface area contributed by atoms with Crippen LogP contribution < -0.4 is 0 Å². The van der Waals surface area contributed by atoms with Crippen molar-refractivity contribution in [3.05, 3.63) is 41.7 Å². The molecule has 4 aliphatic carbocycles. The topological polar surface area (TPSA) is 53.4 Å². The minimum atomic E-state index is -0.463. The van der Waals surface area contributed by atoms with Gasteiger partial charge in [-0.05, 0) is 123 Å². The summed E-state index contributed by atoms with van der Waals surface area (Å²) in [6, 6.07) is 3.91. The molecule has 0 radical (unpaired) electrons. The van der Waals surface area contributed by atoms with Crippen molar-refractivity contribution in [1.29, 1.82) is 0 Å². The molecule has 3 fully saturated rings. The molecule has 1 aromatic heterocycles. The highest BCUT2D eigenvalue weighted by Crippen LogP contribution is 2.67. The minimum absolute atomic E-state index is 0.309. The summed E-state index contributed by atoms with van der Waals surface area (Å²) in [5, 5.41) is 21.7. The van der Waals surface area contributed by atoms with E-state index < -0.39 is 11.7 Å². The third-order valence-corrected chi connectivity index (χ3v) is 11.6. The van der Waals surface area contributed by atoms with Gasteiger partial charge in [0.15, 0.2) is 0 Å². The lowest BCUT2D eigenvalue weighted by atomic mass is 9.46. The zero-order valence-electron chi connectivity index (χ0n) is 22.0. The molecule has 0 aliphatic heterocycles. The second-order valence-corrected chi connectivity index (χ2v) is 13.1. The predicted octanol–water partition coefficient (Wildman–Crippen LogP) is 7.25. The molecule has 0 saturated heterocycles. The van der Waals surface area contributed by atoms with Gasteiger partial charge in [-0.1, -0.05) is 45.4 Å². The summed E-state index contributed by atoms with van der Waals surface area (Å²) >= 11 is 0. The van der Waals surface area contributed by atoms with E-state index in [2.05, 4.69) is 38.8 Å². The number of allylic oxidation sites excluding steroid dienone is 1. The fourth-order valence-corrected chi connectivity index (χ4v) is 9.35. The van der Waals surface area contributed by atoms with Crippen LogP contribution in [0, 0.1) is 40.4 Å². The number of hydrogen-bond donors (Lipinski definition) is 2. The molecule has 2 N–H and O–H groups in total. The number of fused-ring (bicyclic) bond motifs is 5. The summed E-state index contributed by atoms with van der Waals surface area (Å²) in [5.41, 5.74) is 2.82. The van der Waals surface area contributed by atoms with E-state index >= 15 is 0 Å². The van der Waals surface area contributed by atoms with Crippen LogP contribution in [-0.2, 0) is 0 Å². The molecule has 34 heavy (non-hydrogen) atoms. The van der Waals surface area contributed by atoms with Crippen LogP contribution in [0.15, 0.2) is 36.2 Å². The zero-order chi connectivity index (χ0) is 24.1. The third-order valence-electron chi connectivity index (χ3n) is 11.6. The first-order valence-electron chi connectivity index (χ1n) is 14.2. The number of aliphatic hydroxyl groups excluding tert-OH is 1. The number of hydrogen-bond acceptors (Lipinski definition) is 3. The maximum absolute atomic E-state index is 11.0. The number of nitrogens with zero attached hydrogens (tertiary/aromatic N) is 1. The van der Waals surface area contributed by atoms with Gasteiger partial charge in [-0.25, -0.2) is 0 Å². The third kappa shape index (κ3) is 3.99. The van der Waals surface area contributed by atoms with Crippen LogP contribution in [0.1, 0.15) is 110 Å². The summed E-state index contributed by atoms with van der Waals surface area (Å²) in [7, 11) is 0. The monoisotopic (exact) mass is 465 g/mol. The second-order valence-electron chi connectivity index (χ2n) is 13.1. The van der Waals surface area contributed by atoms with Gasteiger partial charge in [0.05, 0.1) is 11.7 Å². The van der Waals surface area contributed by atoms with Crippen molar-refractivity contribution in [3.63, 3.8) is 0 Å². The number of aromatic nitrogens is 1. The lowest BCUT2D eigenvalue weighted by molar-refractivity contribution is -0.0757. The molecule has 9 atom stereocenters. The molecule has 1 heterocycles. The van der Waals surface area contributed by atoms with E-state index in [1.54, 1.807) is 11.8 Å². The standard InChI is InChI=1S/C31H47NO2/c1-5-31(34)17-16-29(3)23(19-31)9-10-24-26-12-11-25(30(26,4)15-14-27(24)29)21(2)8-13-28(33)22-7-6-18-32-20-22/h6-7,9,18,20-21,24-28,33-34H,5,8,10-17,19H2,1-4H3/t21-,24+,25-,26+,27+,28?,29+,30-,31+/m1/s1. The van der Waals surface area contributed by atoms with Crippen LogP contribution in [-0.4, -0.2) is 20.8 Å². The molecule has 3 saturated carbocycles. The van der Waals surface area contributed by atoms with Gasteiger partial charge in [0.25, 0.3) is 0 Å². The van der Waals surface area contributed by atoms with Gasteiger partial charge in [0.2, 0.25) is 0 Å². The van der Waals surface area contributed by atoms with Gasteiger partial charge < -0.3 is 10.2 Å². The van der Waals surface area contributed by atoms with E-state index in [0.717, 1.165) is 61.3 Å². The molecule has 0 spiro atoms. The Hall–Kier alpha value is -1.19. The van der Waals surface area contributed by atoms with E-state index in [0.29, 0.717) is 16.7 Å². The molecular weight excluding hydrogens is 418 g/mol. The number of aliphatic hydroxyl groups is 2. The number of rotatable bonds is 6. The lowest BCUT2D eigenvalue weighted by Gasteiger charge is -2.59. The average molecular weight is 466 g/mol. The van der Waals surface area contributed by atoms with Crippen LogP contribution in [0.4, 0.5) is 0 Å². The minimum Gasteiger partial charge on any atom is -0.390 e. The quantitative estimate of drug-likeness (QED) is 0.435. The first-order chi connectivity index (χ1) is 16.2. The molecule has 0 amide bonds. The van der Waals surface area contributed by atoms with Crippen molar-refractivity contribution in [3.8, 4) is 0 Å². The molecule has 3 heteroatoms. The predicted molar refractivity (Wildman–Crippen MR) is 138 cm³/mol. The van der Waals surface area contributed by atoms with Crippen molar-refractivity contribution in [2.45, 2.75) is 110 Å². The highest BCUT2D eigenvalue weighted by atomic mass is 16.3. The normalized spacial score (nSPS) is 43.3. The van der Waals surface area contributed by atoms with Gasteiger partial charge >= 0.3 is 0 Å². The summed E-state index contributed by atoms with van der Waals surface area (Å²) in [6.45, 7) is 9.77. The maximum Gasteiger partial charge on any atom is 0.0805 e. The van der Waals surface area contributed by atoms with Crippen LogP contribution in [0.3, 0.4) is 0 Å². The highest BCUT2D eigenvalue weighted by molar-refractivity contribution is 5.27. The van der Waals surface area contributed by atoms with Gasteiger partial charge in [0.1, 0.15) is 0 Å². The Morgan fingerprint density at radius 1 is 1.09 bits per heavy atom. The molecule has 0 aromatic carbocycles. The van der Waals surface area contributed by atoms with E-state index in [9.17, 15) is 10.2 Å².